The van der Waals surface area contributed by atoms with E-state index in [4.69, 9.17) is 0 Å². The molecule has 0 aliphatic heterocycles. The second-order valence-electron chi connectivity index (χ2n) is 4.89. The number of carbonyl (C=O) groups is 2. The van der Waals surface area contributed by atoms with Crippen molar-refractivity contribution in [3.63, 3.8) is 0 Å². The van der Waals surface area contributed by atoms with Crippen LogP contribution in [0, 0.1) is 11.8 Å². The Bertz CT molecular complexity index is 430. The summed E-state index contributed by atoms with van der Waals surface area (Å²) in [5, 5.41) is 16.8. The van der Waals surface area contributed by atoms with Crippen LogP contribution in [0.15, 0.2) is 18.3 Å². The van der Waals surface area contributed by atoms with Gasteiger partial charge in [-0.1, -0.05) is 0 Å². The topological polar surface area (TPSA) is 83.4 Å². The molecule has 1 aliphatic rings. The zero-order valence-corrected chi connectivity index (χ0v) is 10.6. The van der Waals surface area contributed by atoms with Crippen LogP contribution >= 0.6 is 0 Å². The number of amides is 1. The van der Waals surface area contributed by atoms with Gasteiger partial charge in [-0.2, -0.15) is 5.10 Å². The molecule has 1 amide bonds. The minimum absolute atomic E-state index is 0.144. The first-order chi connectivity index (χ1) is 9.20. The van der Waals surface area contributed by atoms with Crippen LogP contribution < -0.4 is 4.90 Å². The number of rotatable bonds is 4. The number of carbonyl (C=O) groups excluding carboxylic acids is 1. The smallest absolute Gasteiger partial charge is 0.413 e. The van der Waals surface area contributed by atoms with Crippen LogP contribution in [0.3, 0.4) is 0 Å². The first-order valence-corrected chi connectivity index (χ1v) is 6.44. The van der Waals surface area contributed by atoms with Gasteiger partial charge in [0, 0.05) is 18.7 Å². The number of anilines is 1. The van der Waals surface area contributed by atoms with Gasteiger partial charge in [0.1, 0.15) is 6.29 Å². The van der Waals surface area contributed by atoms with Gasteiger partial charge in [-0.05, 0) is 43.7 Å². The van der Waals surface area contributed by atoms with Crippen molar-refractivity contribution in [1.82, 2.24) is 10.2 Å². The Labute approximate surface area is 111 Å². The molecule has 1 aromatic heterocycles. The van der Waals surface area contributed by atoms with E-state index in [0.717, 1.165) is 32.0 Å². The zero-order valence-electron chi connectivity index (χ0n) is 10.6. The minimum atomic E-state index is -1.02. The summed E-state index contributed by atoms with van der Waals surface area (Å²) in [5.41, 5.74) is 0. The van der Waals surface area contributed by atoms with Crippen molar-refractivity contribution in [2.24, 2.45) is 11.8 Å². The fourth-order valence-corrected chi connectivity index (χ4v) is 2.47. The Morgan fingerprint density at radius 3 is 2.68 bits per heavy atom. The van der Waals surface area contributed by atoms with E-state index in [1.165, 1.54) is 11.1 Å². The third-order valence-electron chi connectivity index (χ3n) is 3.59. The molecule has 0 atom stereocenters. The fraction of sp³-hybridized carbons (Fsp3) is 0.538. The predicted octanol–water partition coefficient (Wildman–Crippen LogP) is 1.97. The Kier molecular flexibility index (Phi) is 4.43. The monoisotopic (exact) mass is 263 g/mol. The first-order valence-electron chi connectivity index (χ1n) is 6.44. The van der Waals surface area contributed by atoms with Crippen LogP contribution in [0.2, 0.25) is 0 Å². The molecule has 0 aromatic carbocycles. The average Bonchev–Trinajstić information content (AvgIpc) is 2.46. The molecule has 0 unspecified atom stereocenters. The molecule has 2 rings (SSSR count). The van der Waals surface area contributed by atoms with Crippen LogP contribution in [-0.4, -0.2) is 34.2 Å². The van der Waals surface area contributed by atoms with Gasteiger partial charge in [-0.3, -0.25) is 4.90 Å². The quantitative estimate of drug-likeness (QED) is 0.839. The van der Waals surface area contributed by atoms with Crippen molar-refractivity contribution >= 4 is 18.2 Å². The third kappa shape index (κ3) is 3.49. The highest BCUT2D eigenvalue weighted by atomic mass is 16.4. The van der Waals surface area contributed by atoms with E-state index in [-0.39, 0.29) is 11.8 Å². The highest BCUT2D eigenvalue weighted by Gasteiger charge is 2.25. The lowest BCUT2D eigenvalue weighted by Gasteiger charge is -2.29. The van der Waals surface area contributed by atoms with Crippen molar-refractivity contribution in [3.05, 3.63) is 18.3 Å². The van der Waals surface area contributed by atoms with Gasteiger partial charge < -0.3 is 9.90 Å². The summed E-state index contributed by atoms with van der Waals surface area (Å²) in [6.45, 7) is 0.416. The highest BCUT2D eigenvalue weighted by molar-refractivity contribution is 5.84. The van der Waals surface area contributed by atoms with Crippen molar-refractivity contribution in [2.45, 2.75) is 25.7 Å². The van der Waals surface area contributed by atoms with Crippen LogP contribution in [-0.2, 0) is 4.79 Å². The Balaban J connectivity index is 1.99. The number of hydrogen-bond donors (Lipinski definition) is 1. The Morgan fingerprint density at radius 1 is 1.42 bits per heavy atom. The highest BCUT2D eigenvalue weighted by Crippen LogP contribution is 2.29. The molecule has 1 aromatic rings. The molecule has 0 spiro atoms. The van der Waals surface area contributed by atoms with Crippen molar-refractivity contribution in [3.8, 4) is 0 Å². The molecular formula is C13H17N3O3. The van der Waals surface area contributed by atoms with Crippen molar-refractivity contribution in [2.75, 3.05) is 11.4 Å². The van der Waals surface area contributed by atoms with Gasteiger partial charge in [0.2, 0.25) is 0 Å². The molecule has 6 nitrogen and oxygen atoms in total. The molecule has 1 N–H and O–H groups in total. The maximum atomic E-state index is 11.3. The lowest BCUT2D eigenvalue weighted by Crippen LogP contribution is -2.36. The van der Waals surface area contributed by atoms with Gasteiger partial charge in [0.15, 0.2) is 5.82 Å². The fourth-order valence-electron chi connectivity index (χ4n) is 2.47. The average molecular weight is 263 g/mol. The van der Waals surface area contributed by atoms with Crippen LogP contribution in [0.1, 0.15) is 25.7 Å². The molecule has 102 valence electrons. The van der Waals surface area contributed by atoms with Crippen LogP contribution in [0.4, 0.5) is 10.6 Å². The Morgan fingerprint density at radius 2 is 2.16 bits per heavy atom. The number of hydrogen-bond acceptors (Lipinski definition) is 4. The lowest BCUT2D eigenvalue weighted by atomic mass is 9.82. The van der Waals surface area contributed by atoms with Gasteiger partial charge in [-0.25, -0.2) is 4.79 Å². The summed E-state index contributed by atoms with van der Waals surface area (Å²) in [7, 11) is 0. The molecule has 0 bridgehead atoms. The molecule has 19 heavy (non-hydrogen) atoms. The second-order valence-corrected chi connectivity index (χ2v) is 4.89. The standard InChI is InChI=1S/C13H17N3O3/c17-9-11-5-3-10(4-6-11)8-16(13(18)19)12-2-1-7-14-15-12/h1-2,7,9-11H,3-6,8H2,(H,18,19). The summed E-state index contributed by atoms with van der Waals surface area (Å²) >= 11 is 0. The molecular weight excluding hydrogens is 246 g/mol. The molecule has 1 aliphatic carbocycles. The number of carboxylic acid groups (broad SMARTS) is 1. The van der Waals surface area contributed by atoms with Gasteiger partial charge in [-0.15, -0.1) is 5.10 Å². The molecule has 0 saturated heterocycles. The molecule has 1 heterocycles. The maximum Gasteiger partial charge on any atom is 0.413 e. The first kappa shape index (κ1) is 13.5. The summed E-state index contributed by atoms with van der Waals surface area (Å²) in [6.07, 6.45) is 4.97. The molecule has 1 fully saturated rings. The second kappa shape index (κ2) is 6.26. The predicted molar refractivity (Wildman–Crippen MR) is 68.9 cm³/mol. The van der Waals surface area contributed by atoms with Crippen LogP contribution in [0.5, 0.6) is 0 Å². The van der Waals surface area contributed by atoms with E-state index >= 15 is 0 Å². The maximum absolute atomic E-state index is 11.3. The van der Waals surface area contributed by atoms with Gasteiger partial charge >= 0.3 is 6.09 Å². The normalized spacial score (nSPS) is 22.7. The Hall–Kier alpha value is -1.98. The van der Waals surface area contributed by atoms with Gasteiger partial charge in [0.25, 0.3) is 0 Å². The molecule has 0 radical (unpaired) electrons. The van der Waals surface area contributed by atoms with Gasteiger partial charge in [0.05, 0.1) is 0 Å². The van der Waals surface area contributed by atoms with E-state index in [9.17, 15) is 14.7 Å². The minimum Gasteiger partial charge on any atom is -0.465 e. The van der Waals surface area contributed by atoms with E-state index in [2.05, 4.69) is 10.2 Å². The molecule has 6 heteroatoms. The summed E-state index contributed by atoms with van der Waals surface area (Å²) in [6, 6.07) is 3.31. The number of nitrogens with zero attached hydrogens (tertiary/aromatic N) is 3. The summed E-state index contributed by atoms with van der Waals surface area (Å²) in [5.74, 6) is 0.785. The largest absolute Gasteiger partial charge is 0.465 e. The lowest BCUT2D eigenvalue weighted by molar-refractivity contribution is -0.112. The number of aromatic nitrogens is 2. The number of aldehydes is 1. The van der Waals surface area contributed by atoms with Crippen molar-refractivity contribution < 1.29 is 14.7 Å². The summed E-state index contributed by atoms with van der Waals surface area (Å²) < 4.78 is 0. The third-order valence-corrected chi connectivity index (χ3v) is 3.59. The SMILES string of the molecule is O=CC1CCC(CN(C(=O)O)c2cccnn2)CC1. The van der Waals surface area contributed by atoms with E-state index in [1.807, 2.05) is 0 Å². The van der Waals surface area contributed by atoms with Crippen molar-refractivity contribution in [1.29, 1.82) is 0 Å². The van der Waals surface area contributed by atoms with E-state index in [1.54, 1.807) is 12.1 Å². The molecule has 1 saturated carbocycles. The van der Waals surface area contributed by atoms with Crippen LogP contribution in [0.25, 0.3) is 0 Å². The van der Waals surface area contributed by atoms with E-state index in [0.29, 0.717) is 12.4 Å². The zero-order chi connectivity index (χ0) is 13.7. The summed E-state index contributed by atoms with van der Waals surface area (Å²) in [4.78, 5) is 23.2. The van der Waals surface area contributed by atoms with E-state index < -0.39 is 6.09 Å².